The third-order valence-corrected chi connectivity index (χ3v) is 12.5. The minimum absolute atomic E-state index is 0.0686. The topological polar surface area (TPSA) is 78.9 Å². The first kappa shape index (κ1) is 60.9. The van der Waals surface area contributed by atoms with E-state index in [1.54, 1.807) is 0 Å². The van der Waals surface area contributed by atoms with Crippen molar-refractivity contribution in [2.24, 2.45) is 0 Å². The normalized spacial score (nSPS) is 12.1. The van der Waals surface area contributed by atoms with Crippen LogP contribution < -0.4 is 0 Å². The van der Waals surface area contributed by atoms with E-state index in [-0.39, 0.29) is 31.1 Å². The van der Waals surface area contributed by atoms with Crippen LogP contribution in [-0.2, 0) is 28.6 Å². The number of hydrogen-bond donors (Lipinski definition) is 0. The zero-order chi connectivity index (χ0) is 45.8. The number of esters is 3. The van der Waals surface area contributed by atoms with Gasteiger partial charge in [-0.25, -0.2) is 0 Å². The van der Waals surface area contributed by atoms with Crippen LogP contribution in [0.4, 0.5) is 0 Å². The molecule has 0 fully saturated rings. The molecule has 370 valence electrons. The van der Waals surface area contributed by atoms with Gasteiger partial charge in [-0.15, -0.1) is 0 Å². The fraction of sp³-hybridized carbons (Fsp3) is 0.877. The molecule has 0 heterocycles. The molecule has 0 N–H and O–H groups in total. The lowest BCUT2D eigenvalue weighted by Gasteiger charge is -2.18. The molecule has 0 aliphatic carbocycles. The smallest absolute Gasteiger partial charge is 0.306 e. The van der Waals surface area contributed by atoms with E-state index < -0.39 is 6.10 Å². The summed E-state index contributed by atoms with van der Waals surface area (Å²) >= 11 is 0. The van der Waals surface area contributed by atoms with Gasteiger partial charge in [0.2, 0.25) is 0 Å². The Morgan fingerprint density at radius 3 is 0.905 bits per heavy atom. The minimum atomic E-state index is -0.768. The van der Waals surface area contributed by atoms with Crippen molar-refractivity contribution >= 4 is 17.9 Å². The average molecular weight is 887 g/mol. The van der Waals surface area contributed by atoms with E-state index in [4.69, 9.17) is 14.2 Å². The van der Waals surface area contributed by atoms with E-state index in [1.165, 1.54) is 193 Å². The third-order valence-electron chi connectivity index (χ3n) is 12.5. The lowest BCUT2D eigenvalue weighted by atomic mass is 10.0. The molecule has 0 spiro atoms. The predicted molar refractivity (Wildman–Crippen MR) is 270 cm³/mol. The van der Waals surface area contributed by atoms with Gasteiger partial charge in [0, 0.05) is 19.3 Å². The number of ether oxygens (including phenoxy) is 3. The second-order valence-corrected chi connectivity index (χ2v) is 18.9. The van der Waals surface area contributed by atoms with E-state index in [2.05, 4.69) is 45.1 Å². The number of rotatable bonds is 51. The second-order valence-electron chi connectivity index (χ2n) is 18.9. The first-order valence-electron chi connectivity index (χ1n) is 27.8. The van der Waals surface area contributed by atoms with Crippen molar-refractivity contribution in [3.05, 3.63) is 24.3 Å². The molecule has 1 unspecified atom stereocenters. The standard InChI is InChI=1S/C57H106O6/c1-4-7-10-13-16-19-22-24-26-28-30-32-35-38-41-44-47-50-56(59)62-53-54(52-61-55(58)49-46-43-40-37-34-21-18-15-12-9-6-3)63-57(60)51-48-45-42-39-36-33-31-29-27-25-23-20-17-14-11-8-5-2/h16,19,24,26,54H,4-15,17-18,20-23,25,27-53H2,1-3H3/b19-16-,26-24-. The van der Waals surface area contributed by atoms with Crippen LogP contribution in [0.5, 0.6) is 0 Å². The van der Waals surface area contributed by atoms with Crippen LogP contribution in [0.25, 0.3) is 0 Å². The van der Waals surface area contributed by atoms with Gasteiger partial charge < -0.3 is 14.2 Å². The van der Waals surface area contributed by atoms with Crippen molar-refractivity contribution < 1.29 is 28.6 Å². The molecule has 0 saturated heterocycles. The van der Waals surface area contributed by atoms with Crippen LogP contribution >= 0.6 is 0 Å². The van der Waals surface area contributed by atoms with Gasteiger partial charge in [0.1, 0.15) is 13.2 Å². The predicted octanol–water partition coefficient (Wildman–Crippen LogP) is 18.3. The molecular formula is C57H106O6. The van der Waals surface area contributed by atoms with Crippen molar-refractivity contribution in [2.45, 2.75) is 309 Å². The number of allylic oxidation sites excluding steroid dienone is 4. The summed E-state index contributed by atoms with van der Waals surface area (Å²) in [5.41, 5.74) is 0. The minimum Gasteiger partial charge on any atom is -0.462 e. The second kappa shape index (κ2) is 52.5. The molecule has 6 nitrogen and oxygen atoms in total. The Balaban J connectivity index is 4.31. The summed E-state index contributed by atoms with van der Waals surface area (Å²) in [5.74, 6) is -0.859. The van der Waals surface area contributed by atoms with Crippen LogP contribution in [-0.4, -0.2) is 37.2 Å². The Morgan fingerprint density at radius 2 is 0.571 bits per heavy atom. The molecule has 0 aromatic rings. The zero-order valence-electron chi connectivity index (χ0n) is 42.4. The van der Waals surface area contributed by atoms with Gasteiger partial charge in [0.25, 0.3) is 0 Å². The van der Waals surface area contributed by atoms with E-state index in [0.29, 0.717) is 19.3 Å². The summed E-state index contributed by atoms with van der Waals surface area (Å²) in [6.07, 6.45) is 60.2. The van der Waals surface area contributed by atoms with Gasteiger partial charge >= 0.3 is 17.9 Å². The lowest BCUT2D eigenvalue weighted by molar-refractivity contribution is -0.167. The summed E-state index contributed by atoms with van der Waals surface area (Å²) < 4.78 is 16.8. The van der Waals surface area contributed by atoms with E-state index in [1.807, 2.05) is 0 Å². The van der Waals surface area contributed by atoms with Crippen LogP contribution in [0.1, 0.15) is 303 Å². The largest absolute Gasteiger partial charge is 0.462 e. The summed E-state index contributed by atoms with van der Waals surface area (Å²) in [6.45, 7) is 6.64. The molecule has 0 radical (unpaired) electrons. The van der Waals surface area contributed by atoms with E-state index in [9.17, 15) is 14.4 Å². The SMILES string of the molecule is CCCCC/C=C\C/C=C\CCCCCCCCCC(=O)OCC(COC(=O)CCCCCCCCCCCCC)OC(=O)CCCCCCCCCCCCCCCCCCC. The molecule has 1 atom stereocenters. The molecule has 63 heavy (non-hydrogen) atoms. The highest BCUT2D eigenvalue weighted by Gasteiger charge is 2.19. The molecule has 0 rings (SSSR count). The number of carbonyl (C=O) groups is 3. The van der Waals surface area contributed by atoms with Crippen molar-refractivity contribution in [1.29, 1.82) is 0 Å². The van der Waals surface area contributed by atoms with Gasteiger partial charge in [-0.1, -0.05) is 257 Å². The number of unbranched alkanes of at least 4 members (excludes halogenated alkanes) is 36. The molecule has 0 saturated carbocycles. The third kappa shape index (κ3) is 50.7. The molecular weight excluding hydrogens is 781 g/mol. The number of carbonyl (C=O) groups excluding carboxylic acids is 3. The molecule has 0 aliphatic rings. The Labute approximate surface area is 392 Å². The maximum absolute atomic E-state index is 12.8. The average Bonchev–Trinajstić information content (AvgIpc) is 3.28. The Bertz CT molecular complexity index is 1020. The van der Waals surface area contributed by atoms with Crippen LogP contribution in [0.15, 0.2) is 24.3 Å². The van der Waals surface area contributed by atoms with Crippen LogP contribution in [0, 0.1) is 0 Å². The molecule has 0 amide bonds. The van der Waals surface area contributed by atoms with Gasteiger partial charge in [-0.05, 0) is 51.4 Å². The fourth-order valence-corrected chi connectivity index (χ4v) is 8.24. The summed E-state index contributed by atoms with van der Waals surface area (Å²) in [4.78, 5) is 38.0. The zero-order valence-corrected chi connectivity index (χ0v) is 42.4. The van der Waals surface area contributed by atoms with Crippen LogP contribution in [0.2, 0.25) is 0 Å². The van der Waals surface area contributed by atoms with E-state index in [0.717, 1.165) is 70.6 Å². The highest BCUT2D eigenvalue weighted by Crippen LogP contribution is 2.17. The quantitative estimate of drug-likeness (QED) is 0.0262. The maximum atomic E-state index is 12.8. The van der Waals surface area contributed by atoms with Gasteiger partial charge in [0.05, 0.1) is 0 Å². The molecule has 0 aliphatic heterocycles. The summed E-state index contributed by atoms with van der Waals surface area (Å²) in [6, 6.07) is 0. The van der Waals surface area contributed by atoms with Crippen molar-refractivity contribution in [3.63, 3.8) is 0 Å². The Morgan fingerprint density at radius 1 is 0.317 bits per heavy atom. The lowest BCUT2D eigenvalue weighted by Crippen LogP contribution is -2.30. The maximum Gasteiger partial charge on any atom is 0.306 e. The molecule has 0 aromatic heterocycles. The van der Waals surface area contributed by atoms with Crippen molar-refractivity contribution in [2.75, 3.05) is 13.2 Å². The van der Waals surface area contributed by atoms with Crippen molar-refractivity contribution in [1.82, 2.24) is 0 Å². The highest BCUT2D eigenvalue weighted by molar-refractivity contribution is 5.71. The fourth-order valence-electron chi connectivity index (χ4n) is 8.24. The highest BCUT2D eigenvalue weighted by atomic mass is 16.6. The first-order chi connectivity index (χ1) is 31.0. The Kier molecular flexibility index (Phi) is 50.8. The monoisotopic (exact) mass is 887 g/mol. The summed E-state index contributed by atoms with van der Waals surface area (Å²) in [5, 5.41) is 0. The molecule has 0 aromatic carbocycles. The van der Waals surface area contributed by atoms with Crippen LogP contribution in [0.3, 0.4) is 0 Å². The van der Waals surface area contributed by atoms with Gasteiger partial charge in [0.15, 0.2) is 6.10 Å². The van der Waals surface area contributed by atoms with E-state index >= 15 is 0 Å². The van der Waals surface area contributed by atoms with Gasteiger partial charge in [-0.3, -0.25) is 14.4 Å². The van der Waals surface area contributed by atoms with Crippen molar-refractivity contribution in [3.8, 4) is 0 Å². The molecule has 0 bridgehead atoms. The molecule has 6 heteroatoms. The number of hydrogen-bond acceptors (Lipinski definition) is 6. The first-order valence-corrected chi connectivity index (χ1v) is 27.8. The summed E-state index contributed by atoms with van der Waals surface area (Å²) in [7, 11) is 0. The van der Waals surface area contributed by atoms with Gasteiger partial charge in [-0.2, -0.15) is 0 Å². The Hall–Kier alpha value is -2.11.